The summed E-state index contributed by atoms with van der Waals surface area (Å²) in [7, 11) is 0. The highest BCUT2D eigenvalue weighted by Crippen LogP contribution is 2.30. The van der Waals surface area contributed by atoms with Crippen LogP contribution in [0.1, 0.15) is 36.7 Å². The van der Waals surface area contributed by atoms with Gasteiger partial charge in [0, 0.05) is 0 Å². The molecule has 0 spiro atoms. The molecule has 2 aromatic carbocycles. The maximum Gasteiger partial charge on any atom is 0.233 e. The summed E-state index contributed by atoms with van der Waals surface area (Å²) in [5.74, 6) is 1.22. The number of para-hydroxylation sites is 1. The van der Waals surface area contributed by atoms with Crippen LogP contribution in [0.3, 0.4) is 0 Å². The lowest BCUT2D eigenvalue weighted by molar-refractivity contribution is -0.118. The summed E-state index contributed by atoms with van der Waals surface area (Å²) in [6, 6.07) is 19.9. The van der Waals surface area contributed by atoms with Gasteiger partial charge >= 0.3 is 0 Å². The number of hydrogen-bond donors (Lipinski definition) is 0. The minimum atomic E-state index is 0.00718. The molecule has 2 heterocycles. The fourth-order valence-corrected chi connectivity index (χ4v) is 4.07. The van der Waals surface area contributed by atoms with E-state index in [9.17, 15) is 4.79 Å². The molecule has 0 aliphatic carbocycles. The Kier molecular flexibility index (Phi) is 5.26. The van der Waals surface area contributed by atoms with Crippen LogP contribution in [0.2, 0.25) is 0 Å². The molecule has 0 N–H and O–H groups in total. The van der Waals surface area contributed by atoms with E-state index in [1.165, 1.54) is 16.9 Å². The summed E-state index contributed by atoms with van der Waals surface area (Å²) >= 11 is 1.52. The highest BCUT2D eigenvalue weighted by molar-refractivity contribution is 7.22. The van der Waals surface area contributed by atoms with E-state index in [1.54, 1.807) is 11.2 Å². The van der Waals surface area contributed by atoms with Crippen molar-refractivity contribution >= 4 is 32.6 Å². The van der Waals surface area contributed by atoms with Crippen molar-refractivity contribution in [2.45, 2.75) is 32.7 Å². The Hall–Kier alpha value is -2.92. The molecule has 0 radical (unpaired) electrons. The van der Waals surface area contributed by atoms with E-state index < -0.39 is 0 Å². The zero-order valence-electron chi connectivity index (χ0n) is 16.0. The van der Waals surface area contributed by atoms with Crippen molar-refractivity contribution in [1.29, 1.82) is 0 Å². The quantitative estimate of drug-likeness (QED) is 0.419. The topological polar surface area (TPSA) is 46.3 Å². The molecule has 0 fully saturated rings. The van der Waals surface area contributed by atoms with Gasteiger partial charge in [-0.15, -0.1) is 0 Å². The average molecular weight is 391 g/mol. The van der Waals surface area contributed by atoms with E-state index in [-0.39, 0.29) is 5.91 Å². The Morgan fingerprint density at radius 1 is 1.07 bits per heavy atom. The van der Waals surface area contributed by atoms with Crippen molar-refractivity contribution < 1.29 is 9.21 Å². The fraction of sp³-hybridized carbons (Fsp3) is 0.217. The number of benzene rings is 2. The van der Waals surface area contributed by atoms with Crippen molar-refractivity contribution in [3.8, 4) is 0 Å². The Labute approximate surface area is 168 Å². The van der Waals surface area contributed by atoms with Gasteiger partial charge in [0.25, 0.3) is 0 Å². The number of fused-ring (bicyclic) bond motifs is 1. The molecule has 0 aliphatic heterocycles. The number of thiazole rings is 1. The molecule has 0 unspecified atom stereocenters. The molecule has 0 aliphatic rings. The first-order valence-corrected chi connectivity index (χ1v) is 10.2. The van der Waals surface area contributed by atoms with Gasteiger partial charge in [-0.05, 0) is 41.3 Å². The predicted octanol–water partition coefficient (Wildman–Crippen LogP) is 5.79. The van der Waals surface area contributed by atoms with E-state index in [4.69, 9.17) is 4.42 Å². The molecule has 0 saturated carbocycles. The Morgan fingerprint density at radius 2 is 1.86 bits per heavy atom. The van der Waals surface area contributed by atoms with Gasteiger partial charge in [0.05, 0.1) is 29.4 Å². The second-order valence-corrected chi connectivity index (χ2v) is 8.11. The number of carbonyl (C=O) groups is 1. The Balaban J connectivity index is 1.61. The van der Waals surface area contributed by atoms with Crippen molar-refractivity contribution in [2.24, 2.45) is 0 Å². The monoisotopic (exact) mass is 390 g/mol. The third-order valence-electron chi connectivity index (χ3n) is 4.71. The third-order valence-corrected chi connectivity index (χ3v) is 5.77. The number of rotatable bonds is 6. The smallest absolute Gasteiger partial charge is 0.233 e. The minimum absolute atomic E-state index is 0.00718. The lowest BCUT2D eigenvalue weighted by Crippen LogP contribution is -2.31. The average Bonchev–Trinajstić information content (AvgIpc) is 3.35. The van der Waals surface area contributed by atoms with Gasteiger partial charge < -0.3 is 4.42 Å². The van der Waals surface area contributed by atoms with Gasteiger partial charge in [-0.25, -0.2) is 4.98 Å². The first-order chi connectivity index (χ1) is 13.6. The molecule has 1 amide bonds. The number of hydrogen-bond acceptors (Lipinski definition) is 4. The van der Waals surface area contributed by atoms with Crippen molar-refractivity contribution in [3.63, 3.8) is 0 Å². The minimum Gasteiger partial charge on any atom is -0.467 e. The van der Waals surface area contributed by atoms with Gasteiger partial charge in [0.1, 0.15) is 5.76 Å². The van der Waals surface area contributed by atoms with Crippen LogP contribution in [0, 0.1) is 0 Å². The van der Waals surface area contributed by atoms with Crippen LogP contribution in [-0.4, -0.2) is 10.9 Å². The maximum absolute atomic E-state index is 13.2. The molecule has 4 rings (SSSR count). The third kappa shape index (κ3) is 3.99. The number of nitrogens with zero attached hydrogens (tertiary/aromatic N) is 2. The summed E-state index contributed by atoms with van der Waals surface area (Å²) in [5, 5.41) is 0.696. The van der Waals surface area contributed by atoms with Gasteiger partial charge in [0.2, 0.25) is 5.91 Å². The molecule has 0 bridgehead atoms. The first-order valence-electron chi connectivity index (χ1n) is 9.37. The molecule has 4 aromatic rings. The van der Waals surface area contributed by atoms with Crippen LogP contribution in [-0.2, 0) is 17.8 Å². The van der Waals surface area contributed by atoms with Gasteiger partial charge in [0.15, 0.2) is 5.13 Å². The summed E-state index contributed by atoms with van der Waals surface area (Å²) in [4.78, 5) is 19.6. The van der Waals surface area contributed by atoms with Crippen LogP contribution in [0.5, 0.6) is 0 Å². The maximum atomic E-state index is 13.2. The van der Waals surface area contributed by atoms with Gasteiger partial charge in [-0.2, -0.15) is 0 Å². The molecular weight excluding hydrogens is 368 g/mol. The lowest BCUT2D eigenvalue weighted by atomic mass is 10.0. The molecule has 5 heteroatoms. The highest BCUT2D eigenvalue weighted by atomic mass is 32.1. The van der Waals surface area contributed by atoms with Gasteiger partial charge in [-0.3, -0.25) is 9.69 Å². The van der Waals surface area contributed by atoms with E-state index >= 15 is 0 Å². The predicted molar refractivity (Wildman–Crippen MR) is 114 cm³/mol. The number of aromatic nitrogens is 1. The van der Waals surface area contributed by atoms with Crippen LogP contribution in [0.15, 0.2) is 71.3 Å². The number of anilines is 1. The summed E-state index contributed by atoms with van der Waals surface area (Å²) in [5.41, 5.74) is 3.18. The van der Waals surface area contributed by atoms with Crippen molar-refractivity contribution in [3.05, 3.63) is 83.8 Å². The normalized spacial score (nSPS) is 11.2. The van der Waals surface area contributed by atoms with Crippen molar-refractivity contribution in [1.82, 2.24) is 4.98 Å². The number of carbonyl (C=O) groups excluding carboxylic acids is 1. The van der Waals surface area contributed by atoms with E-state index in [0.717, 1.165) is 21.5 Å². The summed E-state index contributed by atoms with van der Waals surface area (Å²) < 4.78 is 6.55. The Morgan fingerprint density at radius 3 is 2.54 bits per heavy atom. The molecule has 28 heavy (non-hydrogen) atoms. The lowest BCUT2D eigenvalue weighted by Gasteiger charge is -2.19. The molecule has 0 saturated heterocycles. The summed E-state index contributed by atoms with van der Waals surface area (Å²) in [6.45, 7) is 4.70. The van der Waals surface area contributed by atoms with E-state index in [2.05, 4.69) is 31.0 Å². The second kappa shape index (κ2) is 7.98. The van der Waals surface area contributed by atoms with Crippen molar-refractivity contribution in [2.75, 3.05) is 4.90 Å². The SMILES string of the molecule is CC(C)c1ccc(CC(=O)N(Cc2ccco2)c2nc3ccccc3s2)cc1. The number of furan rings is 1. The van der Waals surface area contributed by atoms with Crippen LogP contribution in [0.4, 0.5) is 5.13 Å². The zero-order chi connectivity index (χ0) is 19.5. The molecule has 0 atom stereocenters. The standard InChI is InChI=1S/C23H22N2O2S/c1-16(2)18-11-9-17(10-12-18)14-22(26)25(15-19-6-5-13-27-19)23-24-20-7-3-4-8-21(20)28-23/h3-13,16H,14-15H2,1-2H3. The second-order valence-electron chi connectivity index (χ2n) is 7.10. The van der Waals surface area contributed by atoms with Crippen LogP contribution < -0.4 is 4.90 Å². The van der Waals surface area contributed by atoms with E-state index in [0.29, 0.717) is 24.0 Å². The number of amides is 1. The molecule has 4 nitrogen and oxygen atoms in total. The molecular formula is C23H22N2O2S. The van der Waals surface area contributed by atoms with Crippen LogP contribution >= 0.6 is 11.3 Å². The van der Waals surface area contributed by atoms with Crippen LogP contribution in [0.25, 0.3) is 10.2 Å². The largest absolute Gasteiger partial charge is 0.467 e. The molecule has 142 valence electrons. The molecule has 2 aromatic heterocycles. The first kappa shape index (κ1) is 18.4. The Bertz CT molecular complexity index is 1030. The van der Waals surface area contributed by atoms with E-state index in [1.807, 2.05) is 48.5 Å². The fourth-order valence-electron chi connectivity index (χ4n) is 3.09. The zero-order valence-corrected chi connectivity index (χ0v) is 16.8. The summed E-state index contributed by atoms with van der Waals surface area (Å²) in [6.07, 6.45) is 1.95. The highest BCUT2D eigenvalue weighted by Gasteiger charge is 2.21. The van der Waals surface area contributed by atoms with Gasteiger partial charge in [-0.1, -0.05) is 61.6 Å².